The van der Waals surface area contributed by atoms with Gasteiger partial charge in [0.25, 0.3) is 0 Å². The summed E-state index contributed by atoms with van der Waals surface area (Å²) in [5.74, 6) is 0. The molecule has 0 spiro atoms. The highest BCUT2D eigenvalue weighted by atomic mass is 79.9. The van der Waals surface area contributed by atoms with E-state index in [9.17, 15) is 4.79 Å². The molecule has 3 aromatic rings. The number of aldehydes is 1. The number of carbonyl (C=O) groups is 1. The van der Waals surface area contributed by atoms with E-state index in [1.54, 1.807) is 16.9 Å². The molecule has 0 aliphatic rings. The van der Waals surface area contributed by atoms with Crippen molar-refractivity contribution in [1.29, 1.82) is 0 Å². The fourth-order valence-electron chi connectivity index (χ4n) is 1.94. The van der Waals surface area contributed by atoms with Crippen LogP contribution in [-0.4, -0.2) is 16.1 Å². The van der Waals surface area contributed by atoms with Gasteiger partial charge in [-0.05, 0) is 24.3 Å². The topological polar surface area (TPSA) is 34.9 Å². The molecule has 0 N–H and O–H groups in total. The summed E-state index contributed by atoms with van der Waals surface area (Å²) in [7, 11) is 0. The molecule has 0 bridgehead atoms. The third kappa shape index (κ3) is 2.92. The molecule has 3 nitrogen and oxygen atoms in total. The number of thiophene rings is 1. The highest BCUT2D eigenvalue weighted by Crippen LogP contribution is 2.38. The van der Waals surface area contributed by atoms with Crippen LogP contribution in [0.2, 0.25) is 8.67 Å². The summed E-state index contributed by atoms with van der Waals surface area (Å²) in [6, 6.07) is 9.35. The Morgan fingerprint density at radius 3 is 2.71 bits per heavy atom. The molecular weight excluding hydrogens is 395 g/mol. The lowest BCUT2D eigenvalue weighted by molar-refractivity contribution is 0.112. The molecule has 21 heavy (non-hydrogen) atoms. The van der Waals surface area contributed by atoms with Crippen molar-refractivity contribution in [2.45, 2.75) is 0 Å². The van der Waals surface area contributed by atoms with Gasteiger partial charge in [0, 0.05) is 16.2 Å². The zero-order valence-corrected chi connectivity index (χ0v) is 14.3. The summed E-state index contributed by atoms with van der Waals surface area (Å²) in [6.07, 6.45) is 2.44. The maximum absolute atomic E-state index is 11.3. The predicted octanol–water partition coefficient (Wildman–Crippen LogP) is 5.48. The average molecular weight is 402 g/mol. The normalized spacial score (nSPS) is 10.8. The number of rotatable bonds is 3. The Kier molecular flexibility index (Phi) is 4.17. The lowest BCUT2D eigenvalue weighted by atomic mass is 10.2. The van der Waals surface area contributed by atoms with Crippen molar-refractivity contribution >= 4 is 56.8 Å². The second kappa shape index (κ2) is 5.93. The van der Waals surface area contributed by atoms with Crippen LogP contribution in [0.25, 0.3) is 16.9 Å². The number of hydrogen-bond donors (Lipinski definition) is 0. The van der Waals surface area contributed by atoms with Gasteiger partial charge in [0.05, 0.1) is 15.6 Å². The lowest BCUT2D eigenvalue weighted by Crippen LogP contribution is -1.94. The Hall–Kier alpha value is -1.14. The summed E-state index contributed by atoms with van der Waals surface area (Å²) in [5, 5.41) is 4.46. The van der Waals surface area contributed by atoms with Crippen LogP contribution >= 0.6 is 50.5 Å². The Balaban J connectivity index is 2.15. The Morgan fingerprint density at radius 1 is 1.29 bits per heavy atom. The number of nitrogens with zero attached hydrogens (tertiary/aromatic N) is 2. The molecule has 7 heteroatoms. The van der Waals surface area contributed by atoms with Crippen molar-refractivity contribution in [3.63, 3.8) is 0 Å². The van der Waals surface area contributed by atoms with E-state index in [4.69, 9.17) is 23.2 Å². The molecule has 0 saturated heterocycles. The van der Waals surface area contributed by atoms with Gasteiger partial charge in [0.1, 0.15) is 10.0 Å². The van der Waals surface area contributed by atoms with Crippen LogP contribution in [0.15, 0.2) is 41.0 Å². The molecule has 0 fully saturated rings. The van der Waals surface area contributed by atoms with Gasteiger partial charge in [-0.1, -0.05) is 45.2 Å². The van der Waals surface area contributed by atoms with Crippen molar-refractivity contribution < 1.29 is 4.79 Å². The molecule has 0 aliphatic heterocycles. The van der Waals surface area contributed by atoms with Gasteiger partial charge in [0.2, 0.25) is 0 Å². The van der Waals surface area contributed by atoms with Gasteiger partial charge < -0.3 is 0 Å². The molecule has 0 radical (unpaired) electrons. The van der Waals surface area contributed by atoms with Gasteiger partial charge in [-0.3, -0.25) is 4.79 Å². The SMILES string of the molecule is O=Cc1cn(-c2cccc(Br)c2)nc1-c1cc(Cl)sc1Cl. The molecule has 0 unspecified atom stereocenters. The summed E-state index contributed by atoms with van der Waals surface area (Å²) >= 11 is 16.8. The quantitative estimate of drug-likeness (QED) is 0.544. The molecule has 106 valence electrons. The fraction of sp³-hybridized carbons (Fsp3) is 0. The van der Waals surface area contributed by atoms with Crippen molar-refractivity contribution in [3.8, 4) is 16.9 Å². The van der Waals surface area contributed by atoms with Crippen molar-refractivity contribution in [2.75, 3.05) is 0 Å². The van der Waals surface area contributed by atoms with Crippen LogP contribution in [0.3, 0.4) is 0 Å². The van der Waals surface area contributed by atoms with E-state index in [0.29, 0.717) is 25.5 Å². The molecule has 0 amide bonds. The van der Waals surface area contributed by atoms with Gasteiger partial charge in [-0.25, -0.2) is 4.68 Å². The summed E-state index contributed by atoms with van der Waals surface area (Å²) < 4.78 is 3.65. The second-order valence-corrected chi connectivity index (χ2v) is 7.41. The van der Waals surface area contributed by atoms with Gasteiger partial charge in [-0.15, -0.1) is 11.3 Å². The molecule has 2 heterocycles. The molecule has 0 saturated carbocycles. The molecule has 0 atom stereocenters. The van der Waals surface area contributed by atoms with Gasteiger partial charge in [0.15, 0.2) is 6.29 Å². The average Bonchev–Trinajstić information content (AvgIpc) is 3.01. The number of carbonyl (C=O) groups excluding carboxylic acids is 1. The van der Waals surface area contributed by atoms with Crippen LogP contribution < -0.4 is 0 Å². The van der Waals surface area contributed by atoms with Crippen molar-refractivity contribution in [3.05, 3.63) is 55.2 Å². The standard InChI is InChI=1S/C14H7BrCl2N2OS/c15-9-2-1-3-10(4-9)19-6-8(7-20)13(18-19)11-5-12(16)21-14(11)17/h1-7H. The van der Waals surface area contributed by atoms with Crippen LogP contribution in [0.5, 0.6) is 0 Å². The Bertz CT molecular complexity index is 828. The van der Waals surface area contributed by atoms with E-state index in [1.807, 2.05) is 24.3 Å². The zero-order chi connectivity index (χ0) is 15.0. The van der Waals surface area contributed by atoms with Crippen molar-refractivity contribution in [1.82, 2.24) is 9.78 Å². The first-order chi connectivity index (χ1) is 10.1. The third-order valence-electron chi connectivity index (χ3n) is 2.85. The molecule has 2 aromatic heterocycles. The summed E-state index contributed by atoms with van der Waals surface area (Å²) in [6.45, 7) is 0. The number of hydrogen-bond acceptors (Lipinski definition) is 3. The maximum atomic E-state index is 11.3. The fourth-order valence-corrected chi connectivity index (χ4v) is 3.79. The first-order valence-electron chi connectivity index (χ1n) is 5.84. The second-order valence-electron chi connectivity index (χ2n) is 4.21. The summed E-state index contributed by atoms with van der Waals surface area (Å²) in [5.41, 5.74) is 2.50. The van der Waals surface area contributed by atoms with Gasteiger partial charge >= 0.3 is 0 Å². The lowest BCUT2D eigenvalue weighted by Gasteiger charge is -2.01. The maximum Gasteiger partial charge on any atom is 0.153 e. The Labute approximate surface area is 143 Å². The van der Waals surface area contributed by atoms with E-state index in [-0.39, 0.29) is 0 Å². The van der Waals surface area contributed by atoms with E-state index < -0.39 is 0 Å². The minimum atomic E-state index is 0.464. The van der Waals surface area contributed by atoms with Gasteiger partial charge in [-0.2, -0.15) is 5.10 Å². The minimum absolute atomic E-state index is 0.464. The van der Waals surface area contributed by atoms with Crippen LogP contribution in [0.1, 0.15) is 10.4 Å². The van der Waals surface area contributed by atoms with Crippen LogP contribution in [0.4, 0.5) is 0 Å². The third-order valence-corrected chi connectivity index (χ3v) is 4.83. The summed E-state index contributed by atoms with van der Waals surface area (Å²) in [4.78, 5) is 11.3. The highest BCUT2D eigenvalue weighted by Gasteiger charge is 2.17. The molecule has 1 aromatic carbocycles. The van der Waals surface area contributed by atoms with E-state index in [0.717, 1.165) is 16.4 Å². The van der Waals surface area contributed by atoms with E-state index >= 15 is 0 Å². The first-order valence-corrected chi connectivity index (χ1v) is 8.21. The van der Waals surface area contributed by atoms with Crippen LogP contribution in [0, 0.1) is 0 Å². The zero-order valence-electron chi connectivity index (χ0n) is 10.4. The van der Waals surface area contributed by atoms with Crippen LogP contribution in [-0.2, 0) is 0 Å². The van der Waals surface area contributed by atoms with E-state index in [1.165, 1.54) is 11.3 Å². The largest absolute Gasteiger partial charge is 0.298 e. The number of aromatic nitrogens is 2. The molecular formula is C14H7BrCl2N2OS. The molecule has 0 aliphatic carbocycles. The van der Waals surface area contributed by atoms with E-state index in [2.05, 4.69) is 21.0 Å². The highest BCUT2D eigenvalue weighted by molar-refractivity contribution is 9.10. The Morgan fingerprint density at radius 2 is 2.10 bits per heavy atom. The smallest absolute Gasteiger partial charge is 0.153 e. The predicted molar refractivity (Wildman–Crippen MR) is 90.0 cm³/mol. The number of benzene rings is 1. The monoisotopic (exact) mass is 400 g/mol. The van der Waals surface area contributed by atoms with Crippen molar-refractivity contribution in [2.24, 2.45) is 0 Å². The first kappa shape index (κ1) is 14.8. The number of halogens is 3. The molecule has 3 rings (SSSR count). The minimum Gasteiger partial charge on any atom is -0.298 e.